The van der Waals surface area contributed by atoms with Crippen LogP contribution < -0.4 is 15.4 Å². The first-order valence-electron chi connectivity index (χ1n) is 9.98. The first-order chi connectivity index (χ1) is 15.4. The number of amides is 2. The van der Waals surface area contributed by atoms with E-state index in [0.29, 0.717) is 39.5 Å². The highest BCUT2D eigenvalue weighted by Crippen LogP contribution is 2.25. The van der Waals surface area contributed by atoms with Crippen molar-refractivity contribution in [1.29, 1.82) is 0 Å². The van der Waals surface area contributed by atoms with E-state index in [4.69, 9.17) is 16.3 Å². The predicted octanol–water partition coefficient (Wildman–Crippen LogP) is 4.18. The quantitative estimate of drug-likeness (QED) is 0.452. The fraction of sp³-hybridized carbons (Fsp3) is 0.273. The molecule has 2 aromatic carbocycles. The number of hydrogen-bond donors (Lipinski definition) is 2. The van der Waals surface area contributed by atoms with E-state index in [1.165, 1.54) is 11.8 Å². The molecule has 0 saturated heterocycles. The molecule has 3 aromatic rings. The topological polar surface area (TPSA) is 98.1 Å². The Hall–Kier alpha value is -3.04. The monoisotopic (exact) mass is 473 g/mol. The van der Waals surface area contributed by atoms with Gasteiger partial charge in [0, 0.05) is 6.54 Å². The zero-order valence-corrected chi connectivity index (χ0v) is 19.5. The van der Waals surface area contributed by atoms with Gasteiger partial charge in [0.1, 0.15) is 5.75 Å². The summed E-state index contributed by atoms with van der Waals surface area (Å²) in [7, 11) is 1.55. The van der Waals surface area contributed by atoms with Gasteiger partial charge in [-0.3, -0.25) is 9.59 Å². The van der Waals surface area contributed by atoms with Gasteiger partial charge >= 0.3 is 0 Å². The third kappa shape index (κ3) is 5.60. The normalized spacial score (nSPS) is 11.6. The summed E-state index contributed by atoms with van der Waals surface area (Å²) in [5, 5.41) is 15.2. The molecule has 0 fully saturated rings. The Labute approximate surface area is 195 Å². The molecule has 2 N–H and O–H groups in total. The molecule has 168 valence electrons. The van der Waals surface area contributed by atoms with Crippen molar-refractivity contribution in [2.75, 3.05) is 18.2 Å². The number of rotatable bonds is 9. The number of para-hydroxylation sites is 2. The van der Waals surface area contributed by atoms with Crippen LogP contribution in [0, 0.1) is 0 Å². The lowest BCUT2D eigenvalue weighted by molar-refractivity contribution is -0.113. The number of hydrogen-bond acceptors (Lipinski definition) is 6. The van der Waals surface area contributed by atoms with Crippen molar-refractivity contribution in [2.24, 2.45) is 0 Å². The Bertz CT molecular complexity index is 1100. The Kier molecular flexibility index (Phi) is 8.13. The maximum Gasteiger partial charge on any atom is 0.253 e. The van der Waals surface area contributed by atoms with Gasteiger partial charge in [-0.05, 0) is 38.1 Å². The van der Waals surface area contributed by atoms with Crippen LogP contribution >= 0.6 is 23.4 Å². The summed E-state index contributed by atoms with van der Waals surface area (Å²) in [6.45, 7) is 4.37. The van der Waals surface area contributed by atoms with Gasteiger partial charge in [-0.1, -0.05) is 47.6 Å². The van der Waals surface area contributed by atoms with Gasteiger partial charge in [-0.2, -0.15) is 0 Å². The molecule has 0 bridgehead atoms. The minimum Gasteiger partial charge on any atom is -0.495 e. The van der Waals surface area contributed by atoms with Crippen molar-refractivity contribution in [3.63, 3.8) is 0 Å². The van der Waals surface area contributed by atoms with Crippen molar-refractivity contribution in [3.05, 3.63) is 64.9 Å². The second-order valence-corrected chi connectivity index (χ2v) is 8.15. The van der Waals surface area contributed by atoms with Crippen molar-refractivity contribution >= 4 is 40.9 Å². The summed E-state index contributed by atoms with van der Waals surface area (Å²) >= 11 is 7.39. The second kappa shape index (κ2) is 11.0. The first kappa shape index (κ1) is 23.6. The molecular formula is C22H24ClN5O3S. The highest BCUT2D eigenvalue weighted by atomic mass is 35.5. The number of nitrogens with zero attached hydrogens (tertiary/aromatic N) is 3. The molecule has 1 heterocycles. The number of benzene rings is 2. The van der Waals surface area contributed by atoms with Gasteiger partial charge in [0.2, 0.25) is 5.91 Å². The fourth-order valence-electron chi connectivity index (χ4n) is 3.07. The summed E-state index contributed by atoms with van der Waals surface area (Å²) < 4.78 is 7.13. The van der Waals surface area contributed by atoms with Crippen LogP contribution in [0.2, 0.25) is 5.02 Å². The van der Waals surface area contributed by atoms with E-state index in [1.807, 2.05) is 30.5 Å². The third-order valence-electron chi connectivity index (χ3n) is 4.63. The molecular weight excluding hydrogens is 450 g/mol. The zero-order valence-electron chi connectivity index (χ0n) is 18.0. The van der Waals surface area contributed by atoms with Crippen LogP contribution in [0.5, 0.6) is 5.75 Å². The standard InChI is InChI=1S/C22H24ClN5O3S/c1-4-28-20(14(2)24-21(30)15-9-5-6-10-16(15)23)26-27-22(28)32-13-19(29)25-17-11-7-8-12-18(17)31-3/h5-12,14H,4,13H2,1-3H3,(H,24,30)(H,25,29)/t14-/m1/s1. The Morgan fingerprint density at radius 1 is 1.16 bits per heavy atom. The maximum absolute atomic E-state index is 12.6. The Morgan fingerprint density at radius 2 is 1.88 bits per heavy atom. The molecule has 32 heavy (non-hydrogen) atoms. The lowest BCUT2D eigenvalue weighted by Crippen LogP contribution is -2.29. The summed E-state index contributed by atoms with van der Waals surface area (Å²) in [6.07, 6.45) is 0. The lowest BCUT2D eigenvalue weighted by atomic mass is 10.2. The van der Waals surface area contributed by atoms with Crippen LogP contribution in [-0.2, 0) is 11.3 Å². The second-order valence-electron chi connectivity index (χ2n) is 6.80. The number of methoxy groups -OCH3 is 1. The van der Waals surface area contributed by atoms with Gasteiger partial charge in [-0.25, -0.2) is 0 Å². The average Bonchev–Trinajstić information content (AvgIpc) is 3.21. The molecule has 0 aliphatic heterocycles. The van der Waals surface area contributed by atoms with Crippen molar-refractivity contribution in [3.8, 4) is 5.75 Å². The molecule has 0 saturated carbocycles. The van der Waals surface area contributed by atoms with Gasteiger partial charge < -0.3 is 19.9 Å². The van der Waals surface area contributed by atoms with Crippen molar-refractivity contribution in [2.45, 2.75) is 31.6 Å². The minimum atomic E-state index is -0.400. The molecule has 2 amide bonds. The van der Waals surface area contributed by atoms with Crippen LogP contribution in [0.3, 0.4) is 0 Å². The number of carbonyl (C=O) groups excluding carboxylic acids is 2. The molecule has 0 aliphatic carbocycles. The molecule has 0 unspecified atom stereocenters. The van der Waals surface area contributed by atoms with Crippen LogP contribution in [-0.4, -0.2) is 39.4 Å². The summed E-state index contributed by atoms with van der Waals surface area (Å²) in [5.41, 5.74) is 1.00. The van der Waals surface area contributed by atoms with Gasteiger partial charge in [0.15, 0.2) is 11.0 Å². The number of thioether (sulfide) groups is 1. The van der Waals surface area contributed by atoms with E-state index in [-0.39, 0.29) is 17.6 Å². The van der Waals surface area contributed by atoms with Crippen LogP contribution in [0.15, 0.2) is 53.7 Å². The summed E-state index contributed by atoms with van der Waals surface area (Å²) in [5.74, 6) is 0.857. The van der Waals surface area contributed by atoms with E-state index in [1.54, 1.807) is 43.5 Å². The molecule has 3 rings (SSSR count). The number of nitrogens with one attached hydrogen (secondary N) is 2. The number of aromatic nitrogens is 3. The Morgan fingerprint density at radius 3 is 2.59 bits per heavy atom. The molecule has 1 atom stereocenters. The molecule has 0 radical (unpaired) electrons. The van der Waals surface area contributed by atoms with E-state index < -0.39 is 6.04 Å². The molecule has 10 heteroatoms. The van der Waals surface area contributed by atoms with Crippen molar-refractivity contribution in [1.82, 2.24) is 20.1 Å². The van der Waals surface area contributed by atoms with Crippen molar-refractivity contribution < 1.29 is 14.3 Å². The predicted molar refractivity (Wildman–Crippen MR) is 125 cm³/mol. The van der Waals surface area contributed by atoms with Gasteiger partial charge in [0.25, 0.3) is 5.91 Å². The SMILES string of the molecule is CCn1c(SCC(=O)Nc2ccccc2OC)nnc1[C@@H](C)NC(=O)c1ccccc1Cl. The van der Waals surface area contributed by atoms with Crippen LogP contribution in [0.25, 0.3) is 0 Å². The van der Waals surface area contributed by atoms with Crippen LogP contribution in [0.1, 0.15) is 36.1 Å². The number of carbonyl (C=O) groups is 2. The van der Waals surface area contributed by atoms with E-state index in [2.05, 4.69) is 20.8 Å². The van der Waals surface area contributed by atoms with Crippen LogP contribution in [0.4, 0.5) is 5.69 Å². The van der Waals surface area contributed by atoms with Gasteiger partial charge in [0.05, 0.1) is 35.2 Å². The summed E-state index contributed by atoms with van der Waals surface area (Å²) in [4.78, 5) is 25.0. The third-order valence-corrected chi connectivity index (χ3v) is 5.92. The highest BCUT2D eigenvalue weighted by Gasteiger charge is 2.21. The summed E-state index contributed by atoms with van der Waals surface area (Å²) in [6, 6.07) is 13.7. The highest BCUT2D eigenvalue weighted by molar-refractivity contribution is 7.99. The maximum atomic E-state index is 12.6. The molecule has 0 spiro atoms. The first-order valence-corrected chi connectivity index (χ1v) is 11.3. The number of anilines is 1. The molecule has 8 nitrogen and oxygen atoms in total. The van der Waals surface area contributed by atoms with Gasteiger partial charge in [-0.15, -0.1) is 10.2 Å². The molecule has 1 aromatic heterocycles. The number of ether oxygens (including phenoxy) is 1. The van der Waals surface area contributed by atoms with E-state index in [9.17, 15) is 9.59 Å². The van der Waals surface area contributed by atoms with E-state index in [0.717, 1.165) is 0 Å². The average molecular weight is 474 g/mol. The minimum absolute atomic E-state index is 0.149. The Balaban J connectivity index is 1.64. The fourth-order valence-corrected chi connectivity index (χ4v) is 4.10. The smallest absolute Gasteiger partial charge is 0.253 e. The lowest BCUT2D eigenvalue weighted by Gasteiger charge is -2.15. The van der Waals surface area contributed by atoms with E-state index >= 15 is 0 Å². The zero-order chi connectivity index (χ0) is 23.1. The largest absolute Gasteiger partial charge is 0.495 e. The molecule has 0 aliphatic rings. The number of halogens is 1.